The Morgan fingerprint density at radius 1 is 0.333 bits per heavy atom. The van der Waals surface area contributed by atoms with Crippen molar-refractivity contribution in [2.75, 3.05) is 72.6 Å². The molecule has 35 heteroatoms. The van der Waals surface area contributed by atoms with E-state index in [2.05, 4.69) is 113 Å². The van der Waals surface area contributed by atoms with Gasteiger partial charge in [-0.2, -0.15) is 10.2 Å². The van der Waals surface area contributed by atoms with Gasteiger partial charge in [0.1, 0.15) is 34.6 Å². The third-order valence-electron chi connectivity index (χ3n) is 15.3. The SMILES string of the molecule is O=C(CCNc1ccccn1)Oc1ccc2c(=O)[nH][nH]c2c1.O=C(CCOc1ccc2c(=O)[nH][nH]c2c1)Nc1ccccc1.O=C(CCOc1ccc2c(=O)[nH][nH]c2c1)Nc1nccnn1.O=c1[nH][nH]c2cc(OCCCNc3ccccc3)ccc12.O=c1[nH][nH]c2cc(OCCCNc3nccnn3)ccc12. The van der Waals surface area contributed by atoms with Crippen molar-refractivity contribution >= 4 is 101 Å². The van der Waals surface area contributed by atoms with E-state index in [1.54, 1.807) is 91.3 Å². The molecule has 0 unspecified atom stereocenters. The van der Waals surface area contributed by atoms with Crippen LogP contribution in [0.3, 0.4) is 0 Å². The van der Waals surface area contributed by atoms with Crippen LogP contribution in [0, 0.1) is 0 Å². The lowest BCUT2D eigenvalue weighted by atomic mass is 10.2. The lowest BCUT2D eigenvalue weighted by Crippen LogP contribution is -2.17. The smallest absolute Gasteiger partial charge is 0.312 e. The number of ether oxygens (including phenoxy) is 5. The second-order valence-electron chi connectivity index (χ2n) is 23.0. The fourth-order valence-corrected chi connectivity index (χ4v) is 10.0. The average Bonchev–Trinajstić information content (AvgIpc) is 1.71. The Labute approximate surface area is 609 Å². The number of aromatic nitrogens is 17. The van der Waals surface area contributed by atoms with Crippen LogP contribution < -0.4 is 78.1 Å². The molecule has 0 radical (unpaired) electrons. The first-order valence-corrected chi connectivity index (χ1v) is 33.7. The number of esters is 1. The molecule has 0 saturated carbocycles. The number of pyridine rings is 1. The van der Waals surface area contributed by atoms with Crippen LogP contribution in [0.4, 0.5) is 29.1 Å². The van der Waals surface area contributed by atoms with E-state index in [9.17, 15) is 38.4 Å². The third-order valence-corrected chi connectivity index (χ3v) is 15.3. The molecule has 15 N–H and O–H groups in total. The van der Waals surface area contributed by atoms with Gasteiger partial charge in [0.05, 0.1) is 125 Å². The number of hydrogen-bond acceptors (Lipinski definition) is 23. The molecule has 0 spiro atoms. The molecule has 8 heterocycles. The number of fused-ring (bicyclic) bond motifs is 5. The average molecular weight is 1470 g/mol. The van der Waals surface area contributed by atoms with Crippen molar-refractivity contribution in [2.45, 2.75) is 32.1 Å². The number of nitrogens with zero attached hydrogens (tertiary/aromatic N) is 7. The van der Waals surface area contributed by atoms with E-state index in [0.717, 1.165) is 53.3 Å². The van der Waals surface area contributed by atoms with Gasteiger partial charge in [-0.3, -0.25) is 94.7 Å². The fraction of sp³-hybridized carbons (Fsp3) is 0.164. The molecule has 0 aliphatic rings. The van der Waals surface area contributed by atoms with Gasteiger partial charge in [0.25, 0.3) is 27.8 Å². The van der Waals surface area contributed by atoms with Crippen molar-refractivity contribution < 1.29 is 38.1 Å². The number of H-pyrrole nitrogens is 10. The number of aromatic amines is 10. The first-order chi connectivity index (χ1) is 52.8. The molecule has 7 aromatic carbocycles. The molecule has 15 rings (SSSR count). The molecule has 0 saturated heterocycles. The summed E-state index contributed by atoms with van der Waals surface area (Å²) in [7, 11) is 0. The Balaban J connectivity index is 0.000000134. The Kier molecular flexibility index (Phi) is 26.4. The lowest BCUT2D eigenvalue weighted by molar-refractivity contribution is -0.134. The Morgan fingerprint density at radius 3 is 1.17 bits per heavy atom. The summed E-state index contributed by atoms with van der Waals surface area (Å²) in [5.74, 6) is 3.67. The first kappa shape index (κ1) is 74.3. The molecular weight excluding hydrogens is 1390 g/mol. The highest BCUT2D eigenvalue weighted by Gasteiger charge is 2.12. The highest BCUT2D eigenvalue weighted by Crippen LogP contribution is 2.22. The summed E-state index contributed by atoms with van der Waals surface area (Å²) >= 11 is 0. The van der Waals surface area contributed by atoms with Crippen LogP contribution in [0.2, 0.25) is 0 Å². The lowest BCUT2D eigenvalue weighted by Gasteiger charge is -2.08. The van der Waals surface area contributed by atoms with Gasteiger partial charge in [0, 0.05) is 67.5 Å². The van der Waals surface area contributed by atoms with Crippen LogP contribution >= 0.6 is 0 Å². The second-order valence-corrected chi connectivity index (χ2v) is 23.0. The molecule has 0 aliphatic carbocycles. The minimum atomic E-state index is -0.360. The Bertz CT molecular complexity index is 5390. The molecule has 35 nitrogen and oxygen atoms in total. The molecule has 0 fully saturated rings. The van der Waals surface area contributed by atoms with Crippen LogP contribution in [0.25, 0.3) is 54.5 Å². The van der Waals surface area contributed by atoms with Gasteiger partial charge in [0.2, 0.25) is 23.7 Å². The largest absolute Gasteiger partial charge is 0.493 e. The zero-order valence-electron chi connectivity index (χ0n) is 57.5. The predicted octanol–water partition coefficient (Wildman–Crippen LogP) is 8.03. The number of carbonyl (C=O) groups is 3. The standard InChI is InChI=1S/C16H15N3O3.C16H17N3O2.C15H14N4O3.C13H12N6O3.C13H14N6O2/c20-15(17-11-4-2-1-3-5-11)8-9-22-12-6-7-13-14(10-12)18-19-16(13)21;20-16-14-8-7-13(11-15(14)18-19-16)21-10-4-9-17-12-5-2-1-3-6-12;20-14(6-8-17-13-3-1-2-7-16-13)22-10-4-5-11-12(9-10)18-19-15(11)21;20-11(16-13-14-4-5-15-19-13)3-6-22-8-1-2-9-10(7-8)17-18-12(9)21;20-12-10-3-2-9(8-11(10)17-18-12)21-7-1-4-14-13-15-5-6-16-19-13/h1-7,10H,8-9H2,(H,17,20)(H2,18,19,21);1-3,5-8,11,17H,4,9-10H2,(H2,18,19,20);1-5,7,9H,6,8H2,(H,16,17)(H2,18,19,21);1-2,4-5,7H,3,6H2,(H2,17,18,21)(H,14,16,19,20);2-3,5-6,8H,1,4,7H2,(H,14,15,19)(H2,17,18,20). The zero-order valence-corrected chi connectivity index (χ0v) is 57.5. The van der Waals surface area contributed by atoms with E-state index in [0.29, 0.717) is 98.8 Å². The van der Waals surface area contributed by atoms with Gasteiger partial charge in [-0.15, -0.1) is 10.2 Å². The maximum atomic E-state index is 11.8. The van der Waals surface area contributed by atoms with Crippen molar-refractivity contribution in [3.05, 3.63) is 253 Å². The quantitative estimate of drug-likeness (QED) is 0.0131. The van der Waals surface area contributed by atoms with Gasteiger partial charge < -0.3 is 45.0 Å². The van der Waals surface area contributed by atoms with E-state index in [4.69, 9.17) is 23.7 Å². The number of benzene rings is 7. The zero-order chi connectivity index (χ0) is 75.1. The number of rotatable bonds is 27. The van der Waals surface area contributed by atoms with E-state index in [1.807, 2.05) is 91.0 Å². The van der Waals surface area contributed by atoms with Crippen LogP contribution in [-0.4, -0.2) is 150 Å². The van der Waals surface area contributed by atoms with Crippen LogP contribution in [0.1, 0.15) is 32.1 Å². The Morgan fingerprint density at radius 2 is 0.731 bits per heavy atom. The van der Waals surface area contributed by atoms with Gasteiger partial charge in [0.15, 0.2) is 0 Å². The van der Waals surface area contributed by atoms with E-state index in [-0.39, 0.29) is 84.0 Å². The van der Waals surface area contributed by atoms with Gasteiger partial charge >= 0.3 is 5.97 Å². The summed E-state index contributed by atoms with van der Waals surface area (Å²) in [5.41, 5.74) is 4.52. The molecule has 0 bridgehead atoms. The highest BCUT2D eigenvalue weighted by molar-refractivity contribution is 5.91. The predicted molar refractivity (Wildman–Crippen MR) is 405 cm³/mol. The summed E-state index contributed by atoms with van der Waals surface area (Å²) in [6, 6.07) is 50.5. The molecule has 15 aromatic rings. The van der Waals surface area contributed by atoms with Crippen molar-refractivity contribution in [3.8, 4) is 28.7 Å². The van der Waals surface area contributed by atoms with E-state index >= 15 is 0 Å². The van der Waals surface area contributed by atoms with Gasteiger partial charge in [-0.05, 0) is 110 Å². The summed E-state index contributed by atoms with van der Waals surface area (Å²) in [4.78, 5) is 104. The van der Waals surface area contributed by atoms with Crippen molar-refractivity contribution in [2.24, 2.45) is 0 Å². The first-order valence-electron chi connectivity index (χ1n) is 33.7. The minimum Gasteiger partial charge on any atom is -0.493 e. The number of hydrogen-bond donors (Lipinski definition) is 15. The normalized spacial score (nSPS) is 10.6. The van der Waals surface area contributed by atoms with Gasteiger partial charge in [-0.25, -0.2) is 15.0 Å². The summed E-state index contributed by atoms with van der Waals surface area (Å²) in [6.45, 7) is 3.60. The van der Waals surface area contributed by atoms with E-state index in [1.165, 1.54) is 18.6 Å². The molecule has 0 atom stereocenters. The molecule has 0 aliphatic heterocycles. The number of carbonyl (C=O) groups excluding carboxylic acids is 3. The van der Waals surface area contributed by atoms with E-state index < -0.39 is 0 Å². The molecular formula is C73H72N22O13. The molecule has 8 aromatic heterocycles. The number of para-hydroxylation sites is 2. The summed E-state index contributed by atoms with van der Waals surface area (Å²) in [6.07, 6.45) is 9.92. The third kappa shape index (κ3) is 22.5. The minimum absolute atomic E-state index is 0.108. The monoisotopic (exact) mass is 1460 g/mol. The summed E-state index contributed by atoms with van der Waals surface area (Å²) in [5, 5.41) is 58.8. The topological polar surface area (TPSA) is 491 Å². The van der Waals surface area contributed by atoms with Crippen LogP contribution in [0.15, 0.2) is 225 Å². The summed E-state index contributed by atoms with van der Waals surface area (Å²) < 4.78 is 27.6. The maximum absolute atomic E-state index is 11.8. The maximum Gasteiger partial charge on any atom is 0.312 e. The molecule has 2 amide bonds. The number of nitrogens with one attached hydrogen (secondary N) is 15. The van der Waals surface area contributed by atoms with Crippen LogP contribution in [0.5, 0.6) is 28.7 Å². The Hall–Kier alpha value is -14.9. The highest BCUT2D eigenvalue weighted by atomic mass is 16.5. The van der Waals surface area contributed by atoms with Crippen molar-refractivity contribution in [3.63, 3.8) is 0 Å². The van der Waals surface area contributed by atoms with Crippen LogP contribution in [-0.2, 0) is 14.4 Å². The van der Waals surface area contributed by atoms with Crippen molar-refractivity contribution in [1.29, 1.82) is 0 Å². The second kappa shape index (κ2) is 38.4. The number of anilines is 5. The fourth-order valence-electron chi connectivity index (χ4n) is 10.0. The van der Waals surface area contributed by atoms with Gasteiger partial charge in [-0.1, -0.05) is 42.5 Å². The van der Waals surface area contributed by atoms with Crippen molar-refractivity contribution in [1.82, 2.24) is 86.3 Å². The number of amides is 2. The molecule has 552 valence electrons. The molecule has 108 heavy (non-hydrogen) atoms.